The molecule has 0 spiro atoms. The molecule has 31 heavy (non-hydrogen) atoms. The number of benzene rings is 2. The number of nitro benzene ring substituents is 1. The number of nitrogens with zero attached hydrogens (tertiary/aromatic N) is 3. The van der Waals surface area contributed by atoms with E-state index in [1.165, 1.54) is 36.4 Å². The zero-order chi connectivity index (χ0) is 22.6. The van der Waals surface area contributed by atoms with Crippen LogP contribution in [-0.2, 0) is 10.0 Å². The molecule has 1 saturated heterocycles. The zero-order valence-corrected chi connectivity index (χ0v) is 18.3. The molecular weight excluding hydrogens is 444 g/mol. The van der Waals surface area contributed by atoms with E-state index in [1.54, 1.807) is 0 Å². The number of sulfonamides is 1. The summed E-state index contributed by atoms with van der Waals surface area (Å²) in [6.07, 6.45) is 3.44. The monoisotopic (exact) mass is 464 g/mol. The summed E-state index contributed by atoms with van der Waals surface area (Å²) in [6, 6.07) is 9.30. The third kappa shape index (κ3) is 5.59. The second-order valence-electron chi connectivity index (χ2n) is 7.12. The number of carbonyl (C=O) groups excluding carboxylic acids is 1. The predicted molar refractivity (Wildman–Crippen MR) is 118 cm³/mol. The SMILES string of the molecule is CN1CCCCCC1=NS(=O)(=O)c1cccc(NC(=O)c2ccc(Cl)cc2[N+](=O)[O-])c1. The average molecular weight is 465 g/mol. The van der Waals surface area contributed by atoms with Gasteiger partial charge in [-0.15, -0.1) is 4.40 Å². The number of carbonyl (C=O) groups is 1. The highest BCUT2D eigenvalue weighted by Gasteiger charge is 2.22. The van der Waals surface area contributed by atoms with Gasteiger partial charge < -0.3 is 10.2 Å². The molecule has 0 bridgehead atoms. The number of nitro groups is 1. The molecule has 1 amide bonds. The molecule has 0 aliphatic carbocycles. The van der Waals surface area contributed by atoms with Crippen LogP contribution in [0.5, 0.6) is 0 Å². The number of halogens is 1. The van der Waals surface area contributed by atoms with Crippen LogP contribution in [0.15, 0.2) is 51.8 Å². The van der Waals surface area contributed by atoms with Gasteiger partial charge in [0, 0.05) is 36.8 Å². The molecular formula is C20H21ClN4O5S. The first-order valence-electron chi connectivity index (χ1n) is 9.58. The first-order chi connectivity index (χ1) is 14.7. The van der Waals surface area contributed by atoms with Gasteiger partial charge >= 0.3 is 0 Å². The van der Waals surface area contributed by atoms with E-state index in [1.807, 2.05) is 11.9 Å². The predicted octanol–water partition coefficient (Wildman–Crippen LogP) is 4.09. The van der Waals surface area contributed by atoms with E-state index in [-0.39, 0.29) is 21.2 Å². The molecule has 0 radical (unpaired) electrons. The van der Waals surface area contributed by atoms with Crippen molar-refractivity contribution in [2.75, 3.05) is 18.9 Å². The maximum atomic E-state index is 12.8. The van der Waals surface area contributed by atoms with Crippen LogP contribution < -0.4 is 5.32 Å². The summed E-state index contributed by atoms with van der Waals surface area (Å²) in [5.41, 5.74) is -0.468. The lowest BCUT2D eigenvalue weighted by molar-refractivity contribution is -0.385. The summed E-state index contributed by atoms with van der Waals surface area (Å²) in [5, 5.41) is 13.8. The highest BCUT2D eigenvalue weighted by atomic mass is 35.5. The zero-order valence-electron chi connectivity index (χ0n) is 16.7. The van der Waals surface area contributed by atoms with Gasteiger partial charge in [0.05, 0.1) is 9.82 Å². The Hall–Kier alpha value is -2.98. The van der Waals surface area contributed by atoms with Crippen molar-refractivity contribution in [2.45, 2.75) is 30.6 Å². The number of amidine groups is 1. The van der Waals surface area contributed by atoms with E-state index >= 15 is 0 Å². The van der Waals surface area contributed by atoms with Gasteiger partial charge in [-0.3, -0.25) is 14.9 Å². The van der Waals surface area contributed by atoms with Crippen LogP contribution in [0.1, 0.15) is 36.0 Å². The van der Waals surface area contributed by atoms with Crippen LogP contribution >= 0.6 is 11.6 Å². The third-order valence-corrected chi connectivity index (χ3v) is 6.39. The maximum absolute atomic E-state index is 12.8. The van der Waals surface area contributed by atoms with Crippen LogP contribution in [0.2, 0.25) is 5.02 Å². The standard InChI is InChI=1S/C20H21ClN4O5S/c1-24-11-4-2-3-8-19(24)23-31(29,30)16-7-5-6-15(13-16)22-20(26)17-10-9-14(21)12-18(17)25(27)28/h5-7,9-10,12-13H,2-4,8,11H2,1H3,(H,22,26). The molecule has 0 aromatic heterocycles. The van der Waals surface area contributed by atoms with Crippen LogP contribution in [0, 0.1) is 10.1 Å². The first kappa shape index (κ1) is 22.7. The van der Waals surface area contributed by atoms with E-state index in [0.717, 1.165) is 31.9 Å². The van der Waals surface area contributed by atoms with Crippen LogP contribution in [0.25, 0.3) is 0 Å². The number of likely N-dealkylation sites (tertiary alicyclic amines) is 1. The number of amides is 1. The lowest BCUT2D eigenvalue weighted by Crippen LogP contribution is -2.26. The van der Waals surface area contributed by atoms with Gasteiger partial charge in [-0.05, 0) is 43.2 Å². The largest absolute Gasteiger partial charge is 0.362 e. The van der Waals surface area contributed by atoms with Crippen molar-refractivity contribution >= 4 is 44.7 Å². The highest BCUT2D eigenvalue weighted by molar-refractivity contribution is 7.90. The van der Waals surface area contributed by atoms with Crippen molar-refractivity contribution in [3.8, 4) is 0 Å². The van der Waals surface area contributed by atoms with Crippen molar-refractivity contribution in [1.82, 2.24) is 4.90 Å². The molecule has 1 aliphatic heterocycles. The molecule has 1 N–H and O–H groups in total. The average Bonchev–Trinajstić information content (AvgIpc) is 2.92. The van der Waals surface area contributed by atoms with E-state index in [2.05, 4.69) is 9.71 Å². The molecule has 0 atom stereocenters. The summed E-state index contributed by atoms with van der Waals surface area (Å²) in [7, 11) is -2.18. The quantitative estimate of drug-likeness (QED) is 0.525. The van der Waals surface area contributed by atoms with E-state index in [4.69, 9.17) is 11.6 Å². The van der Waals surface area contributed by atoms with Gasteiger partial charge in [0.15, 0.2) is 0 Å². The van der Waals surface area contributed by atoms with E-state index in [0.29, 0.717) is 12.3 Å². The van der Waals surface area contributed by atoms with E-state index in [9.17, 15) is 23.3 Å². The molecule has 2 aromatic carbocycles. The molecule has 1 fully saturated rings. The molecule has 3 rings (SSSR count). The van der Waals surface area contributed by atoms with Crippen molar-refractivity contribution in [3.05, 3.63) is 63.2 Å². The van der Waals surface area contributed by atoms with Crippen molar-refractivity contribution in [2.24, 2.45) is 4.40 Å². The molecule has 9 nitrogen and oxygen atoms in total. The van der Waals surface area contributed by atoms with Crippen molar-refractivity contribution < 1.29 is 18.1 Å². The van der Waals surface area contributed by atoms with Crippen LogP contribution in [-0.4, -0.2) is 43.6 Å². The van der Waals surface area contributed by atoms with Gasteiger partial charge in [-0.1, -0.05) is 24.1 Å². The Labute approximate surface area is 184 Å². The van der Waals surface area contributed by atoms with Crippen molar-refractivity contribution in [3.63, 3.8) is 0 Å². The lowest BCUT2D eigenvalue weighted by atomic mass is 10.1. The molecule has 164 valence electrons. The fourth-order valence-electron chi connectivity index (χ4n) is 3.22. The summed E-state index contributed by atoms with van der Waals surface area (Å²) >= 11 is 5.78. The molecule has 1 aliphatic rings. The summed E-state index contributed by atoms with van der Waals surface area (Å²) < 4.78 is 29.6. The number of nitrogens with one attached hydrogen (secondary N) is 1. The fourth-order valence-corrected chi connectivity index (χ4v) is 4.52. The second kappa shape index (κ2) is 9.44. The van der Waals surface area contributed by atoms with Gasteiger partial charge in [0.2, 0.25) is 0 Å². The fraction of sp³-hybridized carbons (Fsp3) is 0.300. The van der Waals surface area contributed by atoms with Gasteiger partial charge in [0.25, 0.3) is 21.6 Å². The number of rotatable bonds is 5. The summed E-state index contributed by atoms with van der Waals surface area (Å²) in [6.45, 7) is 0.740. The highest BCUT2D eigenvalue weighted by Crippen LogP contribution is 2.25. The lowest BCUT2D eigenvalue weighted by Gasteiger charge is -2.17. The molecule has 0 unspecified atom stereocenters. The Morgan fingerprint density at radius 3 is 2.71 bits per heavy atom. The van der Waals surface area contributed by atoms with Crippen LogP contribution in [0.4, 0.5) is 11.4 Å². The smallest absolute Gasteiger partial charge is 0.284 e. The minimum absolute atomic E-state index is 0.0824. The molecule has 11 heteroatoms. The van der Waals surface area contributed by atoms with Gasteiger partial charge in [-0.2, -0.15) is 8.42 Å². The number of hydrogen-bond acceptors (Lipinski definition) is 5. The minimum Gasteiger partial charge on any atom is -0.362 e. The topological polar surface area (TPSA) is 122 Å². The maximum Gasteiger partial charge on any atom is 0.284 e. The Balaban J connectivity index is 1.87. The Kier molecular flexibility index (Phi) is 6.91. The Bertz CT molecular complexity index is 1150. The van der Waals surface area contributed by atoms with Crippen molar-refractivity contribution in [1.29, 1.82) is 0 Å². The minimum atomic E-state index is -3.99. The normalized spacial score (nSPS) is 16.1. The summed E-state index contributed by atoms with van der Waals surface area (Å²) in [5.74, 6) is -0.253. The Morgan fingerprint density at radius 2 is 1.97 bits per heavy atom. The van der Waals surface area contributed by atoms with Gasteiger partial charge in [-0.25, -0.2) is 0 Å². The van der Waals surface area contributed by atoms with Gasteiger partial charge in [0.1, 0.15) is 11.4 Å². The molecule has 2 aromatic rings. The number of anilines is 1. The first-order valence-corrected chi connectivity index (χ1v) is 11.4. The van der Waals surface area contributed by atoms with E-state index < -0.39 is 26.5 Å². The molecule has 1 heterocycles. The molecule has 0 saturated carbocycles. The summed E-state index contributed by atoms with van der Waals surface area (Å²) in [4.78, 5) is 24.8. The second-order valence-corrected chi connectivity index (χ2v) is 9.16. The van der Waals surface area contributed by atoms with Crippen LogP contribution in [0.3, 0.4) is 0 Å². The Morgan fingerprint density at radius 1 is 1.19 bits per heavy atom. The third-order valence-electron chi connectivity index (χ3n) is 4.85. The number of hydrogen-bond donors (Lipinski definition) is 1.